The minimum Gasteiger partial charge on any atom is -0.507 e. The molecular weight excluding hydrogens is 398 g/mol. The lowest BCUT2D eigenvalue weighted by molar-refractivity contribution is -0.140. The number of hydrogen-bond acceptors (Lipinski definition) is 6. The number of phenolic OH excluding ortho intramolecular Hbond substituents is 1. The molecule has 1 fully saturated rings. The zero-order valence-electron chi connectivity index (χ0n) is 17.9. The number of likely N-dealkylation sites (tertiary alicyclic amines) is 1. The third-order valence-electron chi connectivity index (χ3n) is 5.10. The number of nitrogens with zero attached hydrogens (tertiary/aromatic N) is 1. The third kappa shape index (κ3) is 4.72. The largest absolute Gasteiger partial charge is 0.507 e. The van der Waals surface area contributed by atoms with Crippen molar-refractivity contribution in [1.29, 1.82) is 0 Å². The van der Waals surface area contributed by atoms with E-state index >= 15 is 0 Å². The highest BCUT2D eigenvalue weighted by molar-refractivity contribution is 6.46. The first kappa shape index (κ1) is 22.4. The molecule has 0 unspecified atom stereocenters. The summed E-state index contributed by atoms with van der Waals surface area (Å²) in [4.78, 5) is 27.3. The maximum absolute atomic E-state index is 13.0. The van der Waals surface area contributed by atoms with E-state index in [-0.39, 0.29) is 35.5 Å². The van der Waals surface area contributed by atoms with Crippen LogP contribution in [-0.2, 0) is 14.3 Å². The van der Waals surface area contributed by atoms with Crippen LogP contribution in [0.2, 0.25) is 0 Å². The van der Waals surface area contributed by atoms with Crippen molar-refractivity contribution in [1.82, 2.24) is 4.90 Å². The van der Waals surface area contributed by atoms with Gasteiger partial charge in [-0.1, -0.05) is 36.4 Å². The van der Waals surface area contributed by atoms with Gasteiger partial charge in [-0.25, -0.2) is 0 Å². The average molecular weight is 425 g/mol. The van der Waals surface area contributed by atoms with Gasteiger partial charge in [-0.3, -0.25) is 9.59 Å². The summed E-state index contributed by atoms with van der Waals surface area (Å²) in [6, 6.07) is 12.5. The van der Waals surface area contributed by atoms with Crippen molar-refractivity contribution in [2.24, 2.45) is 0 Å². The van der Waals surface area contributed by atoms with Gasteiger partial charge in [0.15, 0.2) is 11.5 Å². The number of carbonyl (C=O) groups is 2. The molecule has 0 aromatic heterocycles. The fraction of sp³-hybridized carbons (Fsp3) is 0.333. The highest BCUT2D eigenvalue weighted by Gasteiger charge is 2.46. The molecule has 1 atom stereocenters. The van der Waals surface area contributed by atoms with Crippen LogP contribution < -0.4 is 4.74 Å². The number of aliphatic hydroxyl groups excluding tert-OH is 1. The second kappa shape index (κ2) is 9.66. The number of carbonyl (C=O) groups excluding carboxylic acids is 2. The average Bonchev–Trinajstić information content (AvgIpc) is 3.02. The lowest BCUT2D eigenvalue weighted by Gasteiger charge is -2.26. The molecule has 1 amide bonds. The lowest BCUT2D eigenvalue weighted by atomic mass is 9.95. The van der Waals surface area contributed by atoms with Gasteiger partial charge in [-0.15, -0.1) is 0 Å². The number of benzene rings is 2. The molecule has 7 nitrogen and oxygen atoms in total. The van der Waals surface area contributed by atoms with Crippen molar-refractivity contribution in [3.05, 3.63) is 65.2 Å². The molecule has 2 aromatic carbocycles. The van der Waals surface area contributed by atoms with E-state index in [1.54, 1.807) is 42.5 Å². The van der Waals surface area contributed by atoms with Crippen LogP contribution in [0.25, 0.3) is 5.76 Å². The first-order valence-electron chi connectivity index (χ1n) is 10.2. The standard InChI is InChI=1S/C24H27NO6/c1-15(2)31-13-7-12-25-21(17-10-11-18(26)19(14-17)30-3)20(23(28)24(25)29)22(27)16-8-5-4-6-9-16/h4-6,8-11,14-15,21,26-27H,7,12-13H2,1-3H3/t21-/m1/s1. The van der Waals surface area contributed by atoms with Gasteiger partial charge in [0.25, 0.3) is 11.7 Å². The summed E-state index contributed by atoms with van der Waals surface area (Å²) < 4.78 is 10.8. The summed E-state index contributed by atoms with van der Waals surface area (Å²) in [5.41, 5.74) is 1.00. The Morgan fingerprint density at radius 3 is 2.48 bits per heavy atom. The first-order chi connectivity index (χ1) is 14.8. The Morgan fingerprint density at radius 1 is 1.13 bits per heavy atom. The fourth-order valence-electron chi connectivity index (χ4n) is 3.63. The second-order valence-electron chi connectivity index (χ2n) is 7.56. The molecule has 1 heterocycles. The van der Waals surface area contributed by atoms with E-state index in [1.807, 2.05) is 13.8 Å². The molecule has 3 rings (SSSR count). The molecule has 164 valence electrons. The molecule has 1 aliphatic heterocycles. The number of rotatable bonds is 8. The van der Waals surface area contributed by atoms with Gasteiger partial charge < -0.3 is 24.6 Å². The van der Waals surface area contributed by atoms with Gasteiger partial charge in [-0.2, -0.15) is 0 Å². The molecule has 0 radical (unpaired) electrons. The zero-order valence-corrected chi connectivity index (χ0v) is 17.9. The Labute approximate surface area is 181 Å². The van der Waals surface area contributed by atoms with E-state index in [0.717, 1.165) is 0 Å². The SMILES string of the molecule is COc1cc([C@@H]2C(=C(O)c3ccccc3)C(=O)C(=O)N2CCCOC(C)C)ccc1O. The van der Waals surface area contributed by atoms with E-state index in [2.05, 4.69) is 0 Å². The number of methoxy groups -OCH3 is 1. The van der Waals surface area contributed by atoms with Crippen molar-refractivity contribution in [3.8, 4) is 11.5 Å². The number of phenols is 1. The molecule has 31 heavy (non-hydrogen) atoms. The molecule has 2 aromatic rings. The predicted molar refractivity (Wildman–Crippen MR) is 116 cm³/mol. The normalized spacial score (nSPS) is 18.1. The lowest BCUT2D eigenvalue weighted by Crippen LogP contribution is -2.31. The maximum Gasteiger partial charge on any atom is 0.295 e. The number of hydrogen-bond donors (Lipinski definition) is 2. The highest BCUT2D eigenvalue weighted by atomic mass is 16.5. The van der Waals surface area contributed by atoms with E-state index in [4.69, 9.17) is 9.47 Å². The first-order valence-corrected chi connectivity index (χ1v) is 10.2. The monoisotopic (exact) mass is 425 g/mol. The fourth-order valence-corrected chi connectivity index (χ4v) is 3.63. The number of aromatic hydroxyl groups is 1. The van der Waals surface area contributed by atoms with Gasteiger partial charge in [0.05, 0.1) is 24.8 Å². The van der Waals surface area contributed by atoms with Crippen molar-refractivity contribution in [3.63, 3.8) is 0 Å². The van der Waals surface area contributed by atoms with E-state index in [9.17, 15) is 19.8 Å². The van der Waals surface area contributed by atoms with Crippen LogP contribution in [0.3, 0.4) is 0 Å². The Bertz CT molecular complexity index is 983. The summed E-state index contributed by atoms with van der Waals surface area (Å²) in [7, 11) is 1.42. The van der Waals surface area contributed by atoms with Gasteiger partial charge >= 0.3 is 0 Å². The summed E-state index contributed by atoms with van der Waals surface area (Å²) >= 11 is 0. The predicted octanol–water partition coefficient (Wildman–Crippen LogP) is 3.64. The summed E-state index contributed by atoms with van der Waals surface area (Å²) in [6.45, 7) is 4.56. The van der Waals surface area contributed by atoms with Crippen molar-refractivity contribution in [2.75, 3.05) is 20.3 Å². The number of ether oxygens (including phenoxy) is 2. The van der Waals surface area contributed by atoms with E-state index in [1.165, 1.54) is 18.1 Å². The number of aliphatic hydroxyl groups is 1. The number of amides is 1. The molecule has 1 aliphatic rings. The molecule has 0 bridgehead atoms. The van der Waals surface area contributed by atoms with Gasteiger partial charge in [0.1, 0.15) is 5.76 Å². The molecular formula is C24H27NO6. The van der Waals surface area contributed by atoms with E-state index < -0.39 is 17.7 Å². The van der Waals surface area contributed by atoms with Gasteiger partial charge in [0, 0.05) is 18.7 Å². The van der Waals surface area contributed by atoms with Crippen LogP contribution >= 0.6 is 0 Å². The van der Waals surface area contributed by atoms with Crippen molar-refractivity contribution in [2.45, 2.75) is 32.4 Å². The Kier molecular flexibility index (Phi) is 6.97. The van der Waals surface area contributed by atoms with Crippen LogP contribution in [-0.4, -0.2) is 53.2 Å². The second-order valence-corrected chi connectivity index (χ2v) is 7.56. The van der Waals surface area contributed by atoms with E-state index in [0.29, 0.717) is 24.2 Å². The minimum atomic E-state index is -0.811. The molecule has 1 saturated heterocycles. The number of Topliss-reactive ketones (excluding diaryl/α,β-unsaturated/α-hetero) is 1. The summed E-state index contributed by atoms with van der Waals surface area (Å²) in [6.07, 6.45) is 0.591. The molecule has 2 N–H and O–H groups in total. The van der Waals surface area contributed by atoms with Crippen molar-refractivity contribution < 1.29 is 29.3 Å². The van der Waals surface area contributed by atoms with Crippen LogP contribution in [0, 0.1) is 0 Å². The van der Waals surface area contributed by atoms with Crippen LogP contribution in [0.4, 0.5) is 0 Å². The third-order valence-corrected chi connectivity index (χ3v) is 5.10. The van der Waals surface area contributed by atoms with Crippen LogP contribution in [0.1, 0.15) is 37.4 Å². The Balaban J connectivity index is 2.06. The van der Waals surface area contributed by atoms with Gasteiger partial charge in [0.2, 0.25) is 0 Å². The quantitative estimate of drug-likeness (QED) is 0.290. The zero-order chi connectivity index (χ0) is 22.5. The highest BCUT2D eigenvalue weighted by Crippen LogP contribution is 2.41. The maximum atomic E-state index is 13.0. The molecule has 0 aliphatic carbocycles. The van der Waals surface area contributed by atoms with Crippen LogP contribution in [0.15, 0.2) is 54.1 Å². The molecule has 0 spiro atoms. The topological polar surface area (TPSA) is 96.3 Å². The summed E-state index contributed by atoms with van der Waals surface area (Å²) in [5, 5.41) is 20.9. The summed E-state index contributed by atoms with van der Waals surface area (Å²) in [5.74, 6) is -1.51. The smallest absolute Gasteiger partial charge is 0.295 e. The Hall–Kier alpha value is -3.32. The minimum absolute atomic E-state index is 0.00807. The molecule has 7 heteroatoms. The molecule has 0 saturated carbocycles. The van der Waals surface area contributed by atoms with Crippen LogP contribution in [0.5, 0.6) is 11.5 Å². The van der Waals surface area contributed by atoms with Gasteiger partial charge in [-0.05, 0) is 38.0 Å². The number of ketones is 1. The Morgan fingerprint density at radius 2 is 1.84 bits per heavy atom. The van der Waals surface area contributed by atoms with Crippen molar-refractivity contribution >= 4 is 17.4 Å².